The molecule has 1 N–H and O–H groups in total. The Morgan fingerprint density at radius 3 is 2.53 bits per heavy atom. The molecular weight excluding hydrogens is 199 g/mol. The molecule has 0 aromatic heterocycles. The number of hydrogen-bond acceptors (Lipinski definition) is 2. The number of carbonyl (C=O) groups is 2. The molecule has 0 rings (SSSR count). The van der Waals surface area contributed by atoms with E-state index in [0.29, 0.717) is 25.6 Å². The summed E-state index contributed by atoms with van der Waals surface area (Å²) < 4.78 is 11.7. The Bertz CT molecular complexity index is 236. The fraction of sp³-hybridized carbons (Fsp3) is 0.636. The van der Waals surface area contributed by atoms with E-state index >= 15 is 0 Å². The summed E-state index contributed by atoms with van der Waals surface area (Å²) in [7, 11) is 0. The smallest absolute Gasteiger partial charge is 0.303 e. The molecule has 0 spiro atoms. The van der Waals surface area contributed by atoms with Crippen LogP contribution in [0.3, 0.4) is 0 Å². The van der Waals surface area contributed by atoms with Crippen molar-refractivity contribution in [2.75, 3.05) is 0 Å². The van der Waals surface area contributed by atoms with E-state index < -0.39 is 5.97 Å². The predicted molar refractivity (Wildman–Crippen MR) is 55.1 cm³/mol. The molecule has 4 heteroatoms. The maximum atomic E-state index is 11.7. The summed E-state index contributed by atoms with van der Waals surface area (Å²) in [5.41, 5.74) is 0. The van der Waals surface area contributed by atoms with E-state index in [9.17, 15) is 14.0 Å². The molecule has 0 saturated heterocycles. The van der Waals surface area contributed by atoms with Gasteiger partial charge in [-0.2, -0.15) is 0 Å². The predicted octanol–water partition coefficient (Wildman–Crippen LogP) is 2.71. The molecule has 3 nitrogen and oxygen atoms in total. The summed E-state index contributed by atoms with van der Waals surface area (Å²) in [5, 5.41) is 8.39. The van der Waals surface area contributed by atoms with E-state index in [1.807, 2.05) is 6.92 Å². The molecule has 0 fully saturated rings. The minimum Gasteiger partial charge on any atom is -0.481 e. The van der Waals surface area contributed by atoms with Crippen LogP contribution in [0.4, 0.5) is 4.39 Å². The fourth-order valence-electron chi connectivity index (χ4n) is 1.36. The second kappa shape index (κ2) is 8.15. The Labute approximate surface area is 89.0 Å². The lowest BCUT2D eigenvalue weighted by Gasteiger charge is -2.10. The van der Waals surface area contributed by atoms with Gasteiger partial charge in [0, 0.05) is 18.8 Å². The third-order valence-electron chi connectivity index (χ3n) is 2.27. The average Bonchev–Trinajstić information content (AvgIpc) is 2.18. The summed E-state index contributed by atoms with van der Waals surface area (Å²) in [6, 6.07) is 0. The molecule has 0 aromatic rings. The van der Waals surface area contributed by atoms with Crippen molar-refractivity contribution in [2.24, 2.45) is 5.92 Å². The Hall–Kier alpha value is -1.19. The summed E-state index contributed by atoms with van der Waals surface area (Å²) in [6.07, 6.45) is 3.47. The molecule has 0 amide bonds. The van der Waals surface area contributed by atoms with Crippen molar-refractivity contribution in [3.63, 3.8) is 0 Å². The van der Waals surface area contributed by atoms with Gasteiger partial charge < -0.3 is 5.11 Å². The highest BCUT2D eigenvalue weighted by Crippen LogP contribution is 2.14. The molecule has 0 aliphatic heterocycles. The number of allylic oxidation sites excluding steroid dienone is 1. The highest BCUT2D eigenvalue weighted by Gasteiger charge is 2.14. The van der Waals surface area contributed by atoms with Gasteiger partial charge in [-0.1, -0.05) is 13.0 Å². The van der Waals surface area contributed by atoms with E-state index in [1.165, 1.54) is 6.08 Å². The Balaban J connectivity index is 3.88. The number of aliphatic carboxylic acids is 1. The fourth-order valence-corrected chi connectivity index (χ4v) is 1.36. The average molecular weight is 216 g/mol. The number of Topliss-reactive ketones (excluding diaryl/α,β-unsaturated/α-hetero) is 1. The number of carbonyl (C=O) groups excluding carboxylic acids is 1. The van der Waals surface area contributed by atoms with Gasteiger partial charge in [0.15, 0.2) is 0 Å². The molecule has 0 aliphatic rings. The summed E-state index contributed by atoms with van der Waals surface area (Å²) in [4.78, 5) is 21.7. The van der Waals surface area contributed by atoms with Crippen LogP contribution in [-0.2, 0) is 9.59 Å². The Morgan fingerprint density at radius 2 is 2.07 bits per heavy atom. The van der Waals surface area contributed by atoms with Crippen LogP contribution in [0.1, 0.15) is 39.0 Å². The van der Waals surface area contributed by atoms with Gasteiger partial charge >= 0.3 is 5.97 Å². The topological polar surface area (TPSA) is 54.4 Å². The van der Waals surface area contributed by atoms with Crippen LogP contribution >= 0.6 is 0 Å². The molecule has 0 heterocycles. The first-order valence-electron chi connectivity index (χ1n) is 5.11. The van der Waals surface area contributed by atoms with E-state index in [2.05, 4.69) is 0 Å². The lowest BCUT2D eigenvalue weighted by Crippen LogP contribution is -2.13. The van der Waals surface area contributed by atoms with Crippen molar-refractivity contribution in [2.45, 2.75) is 39.0 Å². The maximum Gasteiger partial charge on any atom is 0.303 e. The normalized spacial score (nSPS) is 12.9. The zero-order valence-electron chi connectivity index (χ0n) is 8.91. The van der Waals surface area contributed by atoms with Gasteiger partial charge in [-0.05, 0) is 19.3 Å². The first-order chi connectivity index (χ1) is 7.11. The van der Waals surface area contributed by atoms with Gasteiger partial charge in [0.05, 0.1) is 6.33 Å². The second-order valence-electron chi connectivity index (χ2n) is 3.42. The van der Waals surface area contributed by atoms with E-state index in [4.69, 9.17) is 5.11 Å². The minimum absolute atomic E-state index is 0.0150. The lowest BCUT2D eigenvalue weighted by molar-refractivity contribution is -0.137. The van der Waals surface area contributed by atoms with Gasteiger partial charge in [0.25, 0.3) is 0 Å². The molecule has 0 saturated carbocycles. The summed E-state index contributed by atoms with van der Waals surface area (Å²) >= 11 is 0. The molecule has 15 heavy (non-hydrogen) atoms. The standard InChI is InChI=1S/C11H17FO3/c1-2-9(5-4-8-12)10(13)6-3-7-11(14)15/h4,8-9H,2-3,5-7H2,1H3,(H,14,15)/b8-4+. The largest absolute Gasteiger partial charge is 0.481 e. The molecule has 0 radical (unpaired) electrons. The van der Waals surface area contributed by atoms with Crippen molar-refractivity contribution in [3.8, 4) is 0 Å². The molecule has 1 atom stereocenters. The molecule has 1 unspecified atom stereocenters. The van der Waals surface area contributed by atoms with Crippen LogP contribution in [0.5, 0.6) is 0 Å². The van der Waals surface area contributed by atoms with Crippen LogP contribution in [0.15, 0.2) is 12.4 Å². The highest BCUT2D eigenvalue weighted by atomic mass is 19.1. The van der Waals surface area contributed by atoms with E-state index in [-0.39, 0.29) is 24.5 Å². The van der Waals surface area contributed by atoms with Gasteiger partial charge in [-0.3, -0.25) is 9.59 Å². The second-order valence-corrected chi connectivity index (χ2v) is 3.42. The Kier molecular flexibility index (Phi) is 7.50. The first kappa shape index (κ1) is 13.8. The van der Waals surface area contributed by atoms with Crippen LogP contribution in [0, 0.1) is 5.92 Å². The zero-order valence-corrected chi connectivity index (χ0v) is 8.91. The summed E-state index contributed by atoms with van der Waals surface area (Å²) in [6.45, 7) is 1.87. The zero-order chi connectivity index (χ0) is 11.7. The van der Waals surface area contributed by atoms with Crippen LogP contribution < -0.4 is 0 Å². The van der Waals surface area contributed by atoms with Crippen molar-refractivity contribution in [1.29, 1.82) is 0 Å². The van der Waals surface area contributed by atoms with Gasteiger partial charge in [0.1, 0.15) is 5.78 Å². The van der Waals surface area contributed by atoms with Crippen LogP contribution in [-0.4, -0.2) is 16.9 Å². The number of rotatable bonds is 8. The molecule has 0 aliphatic carbocycles. The molecule has 0 bridgehead atoms. The van der Waals surface area contributed by atoms with Crippen LogP contribution in [0.25, 0.3) is 0 Å². The van der Waals surface area contributed by atoms with Gasteiger partial charge in [0.2, 0.25) is 0 Å². The van der Waals surface area contributed by atoms with Crippen molar-refractivity contribution >= 4 is 11.8 Å². The van der Waals surface area contributed by atoms with Gasteiger partial charge in [-0.25, -0.2) is 4.39 Å². The first-order valence-corrected chi connectivity index (χ1v) is 5.11. The third kappa shape index (κ3) is 6.82. The highest BCUT2D eigenvalue weighted by molar-refractivity contribution is 5.81. The number of hydrogen-bond donors (Lipinski definition) is 1. The molecule has 86 valence electrons. The number of carboxylic acids is 1. The molecule has 0 aromatic carbocycles. The van der Waals surface area contributed by atoms with Crippen LogP contribution in [0.2, 0.25) is 0 Å². The monoisotopic (exact) mass is 216 g/mol. The number of ketones is 1. The van der Waals surface area contributed by atoms with Crippen molar-refractivity contribution < 1.29 is 19.1 Å². The van der Waals surface area contributed by atoms with E-state index in [0.717, 1.165) is 0 Å². The van der Waals surface area contributed by atoms with E-state index in [1.54, 1.807) is 0 Å². The number of carboxylic acid groups (broad SMARTS) is 1. The van der Waals surface area contributed by atoms with Crippen molar-refractivity contribution in [3.05, 3.63) is 12.4 Å². The quantitative estimate of drug-likeness (QED) is 0.678. The Morgan fingerprint density at radius 1 is 1.40 bits per heavy atom. The minimum atomic E-state index is -0.889. The maximum absolute atomic E-state index is 11.7. The molecular formula is C11H17FO3. The van der Waals surface area contributed by atoms with Gasteiger partial charge in [-0.15, -0.1) is 0 Å². The SMILES string of the molecule is CCC(C/C=C/F)C(=O)CCCC(=O)O. The van der Waals surface area contributed by atoms with Crippen molar-refractivity contribution in [1.82, 2.24) is 0 Å². The summed E-state index contributed by atoms with van der Waals surface area (Å²) in [5.74, 6) is -1.04. The number of halogens is 1. The third-order valence-corrected chi connectivity index (χ3v) is 2.27. The lowest BCUT2D eigenvalue weighted by atomic mass is 9.94.